The second kappa shape index (κ2) is 10.5. The molecule has 0 bridgehead atoms. The molecule has 0 aliphatic rings. The minimum absolute atomic E-state index is 0.180. The Bertz CT molecular complexity index is 1170. The highest BCUT2D eigenvalue weighted by molar-refractivity contribution is 7.92. The van der Waals surface area contributed by atoms with Crippen molar-refractivity contribution in [1.82, 2.24) is 5.43 Å². The van der Waals surface area contributed by atoms with E-state index in [4.69, 9.17) is 4.74 Å². The number of amides is 1. The molecule has 1 amide bonds. The molecule has 0 heterocycles. The smallest absolute Gasteiger partial charge is 0.260 e. The van der Waals surface area contributed by atoms with E-state index in [-0.39, 0.29) is 5.69 Å². The fraction of sp³-hybridized carbons (Fsp3) is 0.130. The fourth-order valence-corrected chi connectivity index (χ4v) is 3.60. The van der Waals surface area contributed by atoms with Crippen LogP contribution in [0.5, 0.6) is 5.75 Å². The summed E-state index contributed by atoms with van der Waals surface area (Å²) >= 11 is 0. The molecule has 0 aliphatic heterocycles. The van der Waals surface area contributed by atoms with Gasteiger partial charge in [0.25, 0.3) is 5.91 Å². The van der Waals surface area contributed by atoms with Gasteiger partial charge in [0.2, 0.25) is 10.0 Å². The second-order valence-electron chi connectivity index (χ2n) is 6.88. The zero-order valence-electron chi connectivity index (χ0n) is 17.3. The Balaban J connectivity index is 1.54. The number of carbonyl (C=O) groups excluding carboxylic acids is 1. The van der Waals surface area contributed by atoms with Gasteiger partial charge in [0, 0.05) is 0 Å². The highest BCUT2D eigenvalue weighted by Gasteiger charge is 2.20. The summed E-state index contributed by atoms with van der Waals surface area (Å²) in [6, 6.07) is 21.7. The molecule has 3 rings (SSSR count). The molecular formula is C23H22FN3O4S. The molecule has 0 spiro atoms. The first kappa shape index (κ1) is 23.0. The standard InChI is InChI=1S/C23H22FN3O4S/c1-32(29,30)27(21-11-9-20(24)10-12-21)16-23(28)26-25-15-18-7-13-22(14-8-18)31-17-19-5-3-2-4-6-19/h2-15H,16-17H2,1H3,(H,26,28). The number of hydrazone groups is 1. The molecule has 0 aromatic heterocycles. The lowest BCUT2D eigenvalue weighted by Crippen LogP contribution is -2.39. The lowest BCUT2D eigenvalue weighted by atomic mass is 10.2. The Morgan fingerprint density at radius 2 is 1.69 bits per heavy atom. The van der Waals surface area contributed by atoms with Crippen LogP contribution in [0, 0.1) is 5.82 Å². The summed E-state index contributed by atoms with van der Waals surface area (Å²) in [4.78, 5) is 12.2. The van der Waals surface area contributed by atoms with Crippen LogP contribution < -0.4 is 14.5 Å². The van der Waals surface area contributed by atoms with Crippen molar-refractivity contribution in [3.8, 4) is 5.75 Å². The Labute approximate surface area is 186 Å². The fourth-order valence-electron chi connectivity index (χ4n) is 2.74. The van der Waals surface area contributed by atoms with Gasteiger partial charge in [-0.2, -0.15) is 5.10 Å². The second-order valence-corrected chi connectivity index (χ2v) is 8.79. The molecule has 0 saturated carbocycles. The van der Waals surface area contributed by atoms with Gasteiger partial charge in [0.15, 0.2) is 0 Å². The van der Waals surface area contributed by atoms with E-state index >= 15 is 0 Å². The summed E-state index contributed by atoms with van der Waals surface area (Å²) in [7, 11) is -3.75. The van der Waals surface area contributed by atoms with Crippen molar-refractivity contribution in [2.75, 3.05) is 17.1 Å². The van der Waals surface area contributed by atoms with Gasteiger partial charge < -0.3 is 4.74 Å². The number of benzene rings is 3. The van der Waals surface area contributed by atoms with Crippen LogP contribution in [0.15, 0.2) is 84.0 Å². The van der Waals surface area contributed by atoms with Crippen molar-refractivity contribution in [2.24, 2.45) is 5.10 Å². The van der Waals surface area contributed by atoms with Gasteiger partial charge >= 0.3 is 0 Å². The topological polar surface area (TPSA) is 88.1 Å². The minimum atomic E-state index is -3.75. The van der Waals surface area contributed by atoms with E-state index in [2.05, 4.69) is 10.5 Å². The number of sulfonamides is 1. The first-order chi connectivity index (χ1) is 15.3. The van der Waals surface area contributed by atoms with E-state index in [9.17, 15) is 17.6 Å². The summed E-state index contributed by atoms with van der Waals surface area (Å²) in [5, 5.41) is 3.86. The number of anilines is 1. The first-order valence-corrected chi connectivity index (χ1v) is 11.5. The van der Waals surface area contributed by atoms with Gasteiger partial charge in [-0.25, -0.2) is 18.2 Å². The van der Waals surface area contributed by atoms with Crippen LogP contribution in [0.4, 0.5) is 10.1 Å². The van der Waals surface area contributed by atoms with Crippen LogP contribution in [0.3, 0.4) is 0 Å². The highest BCUT2D eigenvalue weighted by Crippen LogP contribution is 2.17. The van der Waals surface area contributed by atoms with Crippen LogP contribution in [-0.4, -0.2) is 33.3 Å². The van der Waals surface area contributed by atoms with E-state index in [1.54, 1.807) is 24.3 Å². The number of nitrogens with zero attached hydrogens (tertiary/aromatic N) is 2. The quantitative estimate of drug-likeness (QED) is 0.396. The Hall–Kier alpha value is -3.72. The molecule has 1 N–H and O–H groups in total. The summed E-state index contributed by atoms with van der Waals surface area (Å²) < 4.78 is 43.7. The van der Waals surface area contributed by atoms with Gasteiger partial charge in [-0.05, 0) is 59.7 Å². The van der Waals surface area contributed by atoms with Crippen molar-refractivity contribution >= 4 is 27.8 Å². The number of ether oxygens (including phenoxy) is 1. The molecule has 3 aromatic carbocycles. The Morgan fingerprint density at radius 1 is 1.03 bits per heavy atom. The predicted molar refractivity (Wildman–Crippen MR) is 122 cm³/mol. The van der Waals surface area contributed by atoms with E-state index in [0.29, 0.717) is 12.4 Å². The number of hydrogen-bond acceptors (Lipinski definition) is 5. The number of carbonyl (C=O) groups is 1. The van der Waals surface area contributed by atoms with Crippen LogP contribution in [0.2, 0.25) is 0 Å². The highest BCUT2D eigenvalue weighted by atomic mass is 32.2. The van der Waals surface area contributed by atoms with E-state index in [1.807, 2.05) is 30.3 Å². The van der Waals surface area contributed by atoms with Gasteiger partial charge in [-0.15, -0.1) is 0 Å². The average molecular weight is 456 g/mol. The lowest BCUT2D eigenvalue weighted by molar-refractivity contribution is -0.119. The average Bonchev–Trinajstić information content (AvgIpc) is 2.78. The number of nitrogens with one attached hydrogen (secondary N) is 1. The Morgan fingerprint density at radius 3 is 2.31 bits per heavy atom. The molecule has 7 nitrogen and oxygen atoms in total. The molecule has 0 atom stereocenters. The van der Waals surface area contributed by atoms with Gasteiger partial charge in [0.1, 0.15) is 24.7 Å². The number of hydrogen-bond donors (Lipinski definition) is 1. The summed E-state index contributed by atoms with van der Waals surface area (Å²) in [6.07, 6.45) is 2.40. The van der Waals surface area contributed by atoms with Crippen molar-refractivity contribution < 1.29 is 22.3 Å². The molecular weight excluding hydrogens is 433 g/mol. The monoisotopic (exact) mass is 455 g/mol. The normalized spacial score (nSPS) is 11.3. The largest absolute Gasteiger partial charge is 0.489 e. The zero-order valence-corrected chi connectivity index (χ0v) is 18.1. The van der Waals surface area contributed by atoms with E-state index < -0.39 is 28.3 Å². The maximum atomic E-state index is 13.1. The third-order valence-corrected chi connectivity index (χ3v) is 5.47. The third-order valence-electron chi connectivity index (χ3n) is 4.33. The first-order valence-electron chi connectivity index (χ1n) is 9.63. The summed E-state index contributed by atoms with van der Waals surface area (Å²) in [5.74, 6) is -0.454. The predicted octanol–water partition coefficient (Wildman–Crippen LogP) is 3.32. The SMILES string of the molecule is CS(=O)(=O)N(CC(=O)NN=Cc1ccc(OCc2ccccc2)cc1)c1ccc(F)cc1. The summed E-state index contributed by atoms with van der Waals surface area (Å²) in [6.45, 7) is -0.0384. The molecule has 0 saturated heterocycles. The number of halogens is 1. The molecule has 0 fully saturated rings. The van der Waals surface area contributed by atoms with Crippen molar-refractivity contribution in [1.29, 1.82) is 0 Å². The molecule has 166 valence electrons. The molecule has 0 aliphatic carbocycles. The van der Waals surface area contributed by atoms with E-state index in [0.717, 1.165) is 33.8 Å². The van der Waals surface area contributed by atoms with Gasteiger partial charge in [-0.1, -0.05) is 30.3 Å². The number of rotatable bonds is 9. The lowest BCUT2D eigenvalue weighted by Gasteiger charge is -2.21. The van der Waals surface area contributed by atoms with Crippen molar-refractivity contribution in [2.45, 2.75) is 6.61 Å². The summed E-state index contributed by atoms with van der Waals surface area (Å²) in [5.41, 5.74) is 4.25. The van der Waals surface area contributed by atoms with E-state index in [1.165, 1.54) is 18.3 Å². The molecule has 0 unspecified atom stereocenters. The van der Waals surface area contributed by atoms with Crippen LogP contribution in [-0.2, 0) is 21.4 Å². The van der Waals surface area contributed by atoms with Crippen molar-refractivity contribution in [3.63, 3.8) is 0 Å². The molecule has 0 radical (unpaired) electrons. The van der Waals surface area contributed by atoms with Crippen LogP contribution in [0.25, 0.3) is 0 Å². The maximum absolute atomic E-state index is 13.1. The zero-order chi connectivity index (χ0) is 23.0. The van der Waals surface area contributed by atoms with Crippen LogP contribution in [0.1, 0.15) is 11.1 Å². The Kier molecular flexibility index (Phi) is 7.56. The van der Waals surface area contributed by atoms with Gasteiger partial charge in [0.05, 0.1) is 18.2 Å². The molecule has 3 aromatic rings. The maximum Gasteiger partial charge on any atom is 0.260 e. The minimum Gasteiger partial charge on any atom is -0.489 e. The molecule has 32 heavy (non-hydrogen) atoms. The molecule has 9 heteroatoms. The van der Waals surface area contributed by atoms with Crippen molar-refractivity contribution in [3.05, 3.63) is 95.8 Å². The van der Waals surface area contributed by atoms with Crippen LogP contribution >= 0.6 is 0 Å². The van der Waals surface area contributed by atoms with Gasteiger partial charge in [-0.3, -0.25) is 9.10 Å². The third kappa shape index (κ3) is 6.92.